The van der Waals surface area contributed by atoms with Crippen LogP contribution in [-0.4, -0.2) is 6.61 Å². The van der Waals surface area contributed by atoms with E-state index in [2.05, 4.69) is 0 Å². The molecule has 0 atom stereocenters. The summed E-state index contributed by atoms with van der Waals surface area (Å²) in [5.74, 6) is 0.882. The first-order valence-electron chi connectivity index (χ1n) is 3.55. The Balaban J connectivity index is 0.000000720. The molecule has 2 rings (SSSR count). The maximum absolute atomic E-state index is 5.58. The Bertz CT molecular complexity index is 309. The molecule has 64 valence electrons. The molecular formula is C9H10ClNO. The van der Waals surface area contributed by atoms with Crippen LogP contribution in [-0.2, 0) is 0 Å². The van der Waals surface area contributed by atoms with Gasteiger partial charge in [0.05, 0.1) is 0 Å². The van der Waals surface area contributed by atoms with Crippen molar-refractivity contribution in [3.05, 3.63) is 29.8 Å². The van der Waals surface area contributed by atoms with Gasteiger partial charge in [-0.15, -0.1) is 12.4 Å². The molecule has 1 aromatic rings. The van der Waals surface area contributed by atoms with E-state index in [1.165, 1.54) is 0 Å². The molecule has 0 saturated carbocycles. The van der Waals surface area contributed by atoms with Gasteiger partial charge in [0.2, 0.25) is 0 Å². The van der Waals surface area contributed by atoms with Crippen molar-refractivity contribution < 1.29 is 4.74 Å². The van der Waals surface area contributed by atoms with Gasteiger partial charge in [-0.3, -0.25) is 0 Å². The van der Waals surface area contributed by atoms with E-state index in [4.69, 9.17) is 10.5 Å². The Morgan fingerprint density at radius 3 is 3.00 bits per heavy atom. The molecule has 0 spiro atoms. The van der Waals surface area contributed by atoms with Gasteiger partial charge in [0.1, 0.15) is 12.4 Å². The smallest absolute Gasteiger partial charge is 0.129 e. The molecule has 0 aromatic heterocycles. The lowest BCUT2D eigenvalue weighted by atomic mass is 10.1. The predicted octanol–water partition coefficient (Wildman–Crippen LogP) is 2.10. The van der Waals surface area contributed by atoms with Gasteiger partial charge in [-0.2, -0.15) is 0 Å². The summed E-state index contributed by atoms with van der Waals surface area (Å²) in [7, 11) is 0. The number of rotatable bonds is 0. The number of anilines is 1. The van der Waals surface area contributed by atoms with E-state index >= 15 is 0 Å². The van der Waals surface area contributed by atoms with Crippen LogP contribution in [0.4, 0.5) is 5.69 Å². The van der Waals surface area contributed by atoms with Crippen molar-refractivity contribution in [1.29, 1.82) is 0 Å². The summed E-state index contributed by atoms with van der Waals surface area (Å²) in [6.07, 6.45) is 4.02. The van der Waals surface area contributed by atoms with Gasteiger partial charge in [-0.1, -0.05) is 6.08 Å². The maximum atomic E-state index is 5.58. The molecule has 0 amide bonds. The van der Waals surface area contributed by atoms with Crippen molar-refractivity contribution >= 4 is 24.2 Å². The van der Waals surface area contributed by atoms with Crippen molar-refractivity contribution in [2.75, 3.05) is 12.3 Å². The average molecular weight is 184 g/mol. The molecule has 2 N–H and O–H groups in total. The zero-order chi connectivity index (χ0) is 7.68. The predicted molar refractivity (Wildman–Crippen MR) is 52.6 cm³/mol. The molecule has 0 bridgehead atoms. The highest BCUT2D eigenvalue weighted by atomic mass is 35.5. The highest BCUT2D eigenvalue weighted by Gasteiger charge is 2.03. The number of nitrogen functional groups attached to an aromatic ring is 1. The van der Waals surface area contributed by atoms with Crippen LogP contribution in [0.1, 0.15) is 5.56 Å². The molecule has 0 aliphatic carbocycles. The highest BCUT2D eigenvalue weighted by molar-refractivity contribution is 5.85. The minimum Gasteiger partial charge on any atom is -0.489 e. The van der Waals surface area contributed by atoms with Crippen LogP contribution in [0.2, 0.25) is 0 Å². The molecule has 0 unspecified atom stereocenters. The quantitative estimate of drug-likeness (QED) is 0.626. The van der Waals surface area contributed by atoms with Gasteiger partial charge in [0, 0.05) is 17.3 Å². The number of ether oxygens (including phenoxy) is 1. The van der Waals surface area contributed by atoms with Crippen LogP contribution in [0.3, 0.4) is 0 Å². The summed E-state index contributed by atoms with van der Waals surface area (Å²) in [6.45, 7) is 0.649. The first-order chi connectivity index (χ1) is 5.36. The van der Waals surface area contributed by atoms with E-state index in [0.29, 0.717) is 6.61 Å². The molecule has 1 aliphatic heterocycles. The van der Waals surface area contributed by atoms with E-state index in [1.807, 2.05) is 30.4 Å². The number of fused-ring (bicyclic) bond motifs is 1. The third kappa shape index (κ3) is 1.53. The van der Waals surface area contributed by atoms with Gasteiger partial charge < -0.3 is 10.5 Å². The van der Waals surface area contributed by atoms with Crippen LogP contribution in [0, 0.1) is 0 Å². The maximum Gasteiger partial charge on any atom is 0.129 e. The van der Waals surface area contributed by atoms with Gasteiger partial charge in [-0.05, 0) is 18.2 Å². The Morgan fingerprint density at radius 2 is 2.17 bits per heavy atom. The molecule has 3 heteroatoms. The van der Waals surface area contributed by atoms with E-state index in [-0.39, 0.29) is 12.4 Å². The summed E-state index contributed by atoms with van der Waals surface area (Å²) >= 11 is 0. The van der Waals surface area contributed by atoms with Crippen molar-refractivity contribution in [3.63, 3.8) is 0 Å². The van der Waals surface area contributed by atoms with E-state index in [0.717, 1.165) is 17.0 Å². The zero-order valence-electron chi connectivity index (χ0n) is 6.49. The van der Waals surface area contributed by atoms with Crippen molar-refractivity contribution in [1.82, 2.24) is 0 Å². The number of hydrogen-bond acceptors (Lipinski definition) is 2. The molecule has 0 fully saturated rings. The SMILES string of the molecule is Cl.Nc1ccc2c(c1)OCC=C2. The fourth-order valence-corrected chi connectivity index (χ4v) is 1.13. The van der Waals surface area contributed by atoms with Crippen LogP contribution >= 0.6 is 12.4 Å². The van der Waals surface area contributed by atoms with Gasteiger partial charge in [-0.25, -0.2) is 0 Å². The molecule has 0 saturated heterocycles. The summed E-state index contributed by atoms with van der Waals surface area (Å²) in [5, 5.41) is 0. The minimum absolute atomic E-state index is 0. The van der Waals surface area contributed by atoms with E-state index in [9.17, 15) is 0 Å². The first-order valence-corrected chi connectivity index (χ1v) is 3.55. The third-order valence-corrected chi connectivity index (χ3v) is 1.67. The number of hydrogen-bond donors (Lipinski definition) is 1. The normalized spacial score (nSPS) is 12.7. The van der Waals surface area contributed by atoms with Gasteiger partial charge >= 0.3 is 0 Å². The Kier molecular flexibility index (Phi) is 2.61. The minimum atomic E-state index is 0. The van der Waals surface area contributed by atoms with Crippen molar-refractivity contribution in [2.45, 2.75) is 0 Å². The lowest BCUT2D eigenvalue weighted by molar-refractivity contribution is 0.359. The topological polar surface area (TPSA) is 35.2 Å². The molecule has 0 radical (unpaired) electrons. The molecule has 1 heterocycles. The average Bonchev–Trinajstić information content (AvgIpc) is 2.04. The summed E-state index contributed by atoms with van der Waals surface area (Å²) in [6, 6.07) is 5.68. The molecule has 1 aliphatic rings. The zero-order valence-corrected chi connectivity index (χ0v) is 7.30. The Hall–Kier alpha value is -1.15. The van der Waals surface area contributed by atoms with E-state index in [1.54, 1.807) is 0 Å². The molecule has 1 aromatic carbocycles. The Labute approximate surface area is 77.4 Å². The second-order valence-electron chi connectivity index (χ2n) is 2.51. The number of halogens is 1. The molecule has 12 heavy (non-hydrogen) atoms. The standard InChI is InChI=1S/C9H9NO.ClH/c10-8-4-3-7-2-1-5-11-9(7)6-8;/h1-4,6H,5,10H2;1H. The van der Waals surface area contributed by atoms with E-state index < -0.39 is 0 Å². The highest BCUT2D eigenvalue weighted by Crippen LogP contribution is 2.25. The summed E-state index contributed by atoms with van der Waals surface area (Å²) < 4.78 is 5.34. The van der Waals surface area contributed by atoms with Crippen molar-refractivity contribution in [2.24, 2.45) is 0 Å². The number of benzene rings is 1. The largest absolute Gasteiger partial charge is 0.489 e. The second kappa shape index (κ2) is 3.50. The van der Waals surface area contributed by atoms with Gasteiger partial charge in [0.25, 0.3) is 0 Å². The molecular weight excluding hydrogens is 174 g/mol. The van der Waals surface area contributed by atoms with Crippen molar-refractivity contribution in [3.8, 4) is 5.75 Å². The number of nitrogens with two attached hydrogens (primary N) is 1. The van der Waals surface area contributed by atoms with Crippen LogP contribution in [0.15, 0.2) is 24.3 Å². The monoisotopic (exact) mass is 183 g/mol. The summed E-state index contributed by atoms with van der Waals surface area (Å²) in [5.41, 5.74) is 7.43. The second-order valence-corrected chi connectivity index (χ2v) is 2.51. The lowest BCUT2D eigenvalue weighted by Crippen LogP contribution is -2.00. The summed E-state index contributed by atoms with van der Waals surface area (Å²) in [4.78, 5) is 0. The molecule has 2 nitrogen and oxygen atoms in total. The first kappa shape index (κ1) is 8.94. The Morgan fingerprint density at radius 1 is 1.33 bits per heavy atom. The fraction of sp³-hybridized carbons (Fsp3) is 0.111. The van der Waals surface area contributed by atoms with Crippen LogP contribution < -0.4 is 10.5 Å². The van der Waals surface area contributed by atoms with Crippen LogP contribution in [0.5, 0.6) is 5.75 Å². The van der Waals surface area contributed by atoms with Gasteiger partial charge in [0.15, 0.2) is 0 Å². The lowest BCUT2D eigenvalue weighted by Gasteiger charge is -2.11. The fourth-order valence-electron chi connectivity index (χ4n) is 1.13. The third-order valence-electron chi connectivity index (χ3n) is 1.67. The van der Waals surface area contributed by atoms with Crippen LogP contribution in [0.25, 0.3) is 6.08 Å².